The molecular weight excluding hydrogens is 337 g/mol. The lowest BCUT2D eigenvalue weighted by Crippen LogP contribution is -2.29. The fourth-order valence-corrected chi connectivity index (χ4v) is 6.17. The molecule has 0 aliphatic rings. The summed E-state index contributed by atoms with van der Waals surface area (Å²) in [5.74, 6) is 0. The fourth-order valence-electron chi connectivity index (χ4n) is 3.17. The zero-order valence-electron chi connectivity index (χ0n) is 15.4. The molecule has 1 atom stereocenters. The van der Waals surface area contributed by atoms with Crippen LogP contribution in [0.4, 0.5) is 5.69 Å². The van der Waals surface area contributed by atoms with E-state index in [0.29, 0.717) is 6.16 Å². The van der Waals surface area contributed by atoms with Crippen molar-refractivity contribution in [2.45, 2.75) is 26.3 Å². The number of benzene rings is 3. The summed E-state index contributed by atoms with van der Waals surface area (Å²) in [6, 6.07) is 28.3. The Labute approximate surface area is 156 Å². The molecule has 0 saturated heterocycles. The molecule has 3 aromatic rings. The highest BCUT2D eigenvalue weighted by Gasteiger charge is 2.30. The van der Waals surface area contributed by atoms with Crippen molar-refractivity contribution in [1.29, 1.82) is 0 Å². The van der Waals surface area contributed by atoms with Crippen molar-refractivity contribution in [2.75, 3.05) is 11.5 Å². The van der Waals surface area contributed by atoms with E-state index < -0.39 is 7.14 Å². The maximum atomic E-state index is 14.2. The lowest BCUT2D eigenvalue weighted by Gasteiger charge is -2.26. The Morgan fingerprint density at radius 3 is 1.77 bits per heavy atom. The van der Waals surface area contributed by atoms with E-state index in [0.717, 1.165) is 22.7 Å². The third-order valence-electron chi connectivity index (χ3n) is 4.74. The number of anilines is 1. The van der Waals surface area contributed by atoms with Crippen molar-refractivity contribution < 1.29 is 4.57 Å². The first kappa shape index (κ1) is 18.5. The molecule has 0 spiro atoms. The van der Waals surface area contributed by atoms with Gasteiger partial charge in [-0.05, 0) is 25.5 Å². The van der Waals surface area contributed by atoms with Gasteiger partial charge in [-0.3, -0.25) is 0 Å². The SMILES string of the molecule is CCC(CP(=O)(c1ccccc1)c1ccccc1)Nc1ccc(C)cc1. The maximum Gasteiger partial charge on any atom is 0.145 e. The van der Waals surface area contributed by atoms with Crippen LogP contribution in [0.25, 0.3) is 0 Å². The highest BCUT2D eigenvalue weighted by molar-refractivity contribution is 7.78. The average Bonchev–Trinajstić information content (AvgIpc) is 2.70. The number of hydrogen-bond donors (Lipinski definition) is 1. The molecular formula is C23H26NOP. The van der Waals surface area contributed by atoms with Crippen molar-refractivity contribution in [2.24, 2.45) is 0 Å². The minimum atomic E-state index is -2.71. The van der Waals surface area contributed by atoms with Gasteiger partial charge in [0.2, 0.25) is 0 Å². The van der Waals surface area contributed by atoms with E-state index in [9.17, 15) is 4.57 Å². The van der Waals surface area contributed by atoms with Crippen molar-refractivity contribution in [3.05, 3.63) is 90.5 Å². The molecule has 0 aliphatic heterocycles. The Kier molecular flexibility index (Phi) is 5.96. The van der Waals surface area contributed by atoms with Crippen LogP contribution in [0.1, 0.15) is 18.9 Å². The van der Waals surface area contributed by atoms with Gasteiger partial charge in [-0.1, -0.05) is 85.3 Å². The molecule has 3 rings (SSSR count). The second kappa shape index (κ2) is 8.38. The summed E-state index contributed by atoms with van der Waals surface area (Å²) in [6.07, 6.45) is 1.52. The minimum Gasteiger partial charge on any atom is -0.382 e. The molecule has 1 unspecified atom stereocenters. The van der Waals surface area contributed by atoms with E-state index in [-0.39, 0.29) is 6.04 Å². The van der Waals surface area contributed by atoms with E-state index in [1.165, 1.54) is 5.56 Å². The first-order valence-electron chi connectivity index (χ1n) is 9.15. The van der Waals surface area contributed by atoms with Gasteiger partial charge in [0.25, 0.3) is 0 Å². The third kappa shape index (κ3) is 4.26. The number of rotatable bonds is 7. The molecule has 0 fully saturated rings. The first-order valence-corrected chi connectivity index (χ1v) is 11.0. The normalized spacial score (nSPS) is 12.5. The van der Waals surface area contributed by atoms with Gasteiger partial charge in [0.05, 0.1) is 0 Å². The molecule has 0 radical (unpaired) electrons. The Balaban J connectivity index is 1.92. The van der Waals surface area contributed by atoms with Crippen molar-refractivity contribution in [1.82, 2.24) is 0 Å². The number of hydrogen-bond acceptors (Lipinski definition) is 2. The molecule has 0 amide bonds. The zero-order valence-corrected chi connectivity index (χ0v) is 16.3. The summed E-state index contributed by atoms with van der Waals surface area (Å²) >= 11 is 0. The molecule has 0 aliphatic carbocycles. The summed E-state index contributed by atoms with van der Waals surface area (Å²) in [5.41, 5.74) is 2.32. The summed E-state index contributed by atoms with van der Waals surface area (Å²) in [4.78, 5) is 0. The zero-order chi connectivity index (χ0) is 18.4. The smallest absolute Gasteiger partial charge is 0.145 e. The molecule has 1 N–H and O–H groups in total. The van der Waals surface area contributed by atoms with Crippen LogP contribution < -0.4 is 15.9 Å². The highest BCUT2D eigenvalue weighted by atomic mass is 31.2. The lowest BCUT2D eigenvalue weighted by atomic mass is 10.2. The standard InChI is InChI=1S/C23H26NOP/c1-3-20(24-21-16-14-19(2)15-17-21)18-26(25,22-10-6-4-7-11-22)23-12-8-5-9-13-23/h4-17,20,24H,3,18H2,1-2H3. The first-order chi connectivity index (χ1) is 12.6. The van der Waals surface area contributed by atoms with Crippen LogP contribution in [0, 0.1) is 6.92 Å². The molecule has 134 valence electrons. The van der Waals surface area contributed by atoms with Crippen LogP contribution in [0.15, 0.2) is 84.9 Å². The molecule has 3 heteroatoms. The highest BCUT2D eigenvalue weighted by Crippen LogP contribution is 2.44. The molecule has 0 saturated carbocycles. The maximum absolute atomic E-state index is 14.2. The molecule has 2 nitrogen and oxygen atoms in total. The van der Waals surface area contributed by atoms with Gasteiger partial charge >= 0.3 is 0 Å². The van der Waals surface area contributed by atoms with E-state index >= 15 is 0 Å². The Bertz CT molecular complexity index is 816. The van der Waals surface area contributed by atoms with Crippen LogP contribution in [-0.4, -0.2) is 12.2 Å². The second-order valence-corrected chi connectivity index (χ2v) is 9.59. The predicted molar refractivity (Wildman–Crippen MR) is 114 cm³/mol. The van der Waals surface area contributed by atoms with Gasteiger partial charge in [0.1, 0.15) is 7.14 Å². The predicted octanol–water partition coefficient (Wildman–Crippen LogP) is 5.20. The van der Waals surface area contributed by atoms with E-state index in [4.69, 9.17) is 0 Å². The van der Waals surface area contributed by atoms with Crippen molar-refractivity contribution in [3.63, 3.8) is 0 Å². The summed E-state index contributed by atoms with van der Waals surface area (Å²) in [6.45, 7) is 4.23. The summed E-state index contributed by atoms with van der Waals surface area (Å²) in [7, 11) is -2.71. The largest absolute Gasteiger partial charge is 0.382 e. The monoisotopic (exact) mass is 363 g/mol. The number of nitrogens with one attached hydrogen (secondary N) is 1. The molecule has 0 aromatic heterocycles. The Morgan fingerprint density at radius 1 is 0.808 bits per heavy atom. The Hall–Kier alpha value is -2.31. The van der Waals surface area contributed by atoms with Crippen LogP contribution in [-0.2, 0) is 4.57 Å². The minimum absolute atomic E-state index is 0.143. The van der Waals surface area contributed by atoms with Gasteiger partial charge in [-0.15, -0.1) is 0 Å². The molecule has 3 aromatic carbocycles. The third-order valence-corrected chi connectivity index (χ3v) is 7.96. The van der Waals surface area contributed by atoms with Crippen LogP contribution >= 0.6 is 7.14 Å². The molecule has 0 bridgehead atoms. The fraction of sp³-hybridized carbons (Fsp3) is 0.217. The topological polar surface area (TPSA) is 29.1 Å². The van der Waals surface area contributed by atoms with Gasteiger partial charge in [0, 0.05) is 28.5 Å². The van der Waals surface area contributed by atoms with E-state index in [1.807, 2.05) is 60.7 Å². The summed E-state index contributed by atoms with van der Waals surface area (Å²) in [5, 5.41) is 5.43. The van der Waals surface area contributed by atoms with E-state index in [1.54, 1.807) is 0 Å². The summed E-state index contributed by atoms with van der Waals surface area (Å²) < 4.78 is 14.2. The van der Waals surface area contributed by atoms with Crippen molar-refractivity contribution >= 4 is 23.4 Å². The van der Waals surface area contributed by atoms with Gasteiger partial charge < -0.3 is 9.88 Å². The second-order valence-electron chi connectivity index (χ2n) is 6.71. The van der Waals surface area contributed by atoms with Gasteiger partial charge in [-0.25, -0.2) is 0 Å². The van der Waals surface area contributed by atoms with Gasteiger partial charge in [0.15, 0.2) is 0 Å². The number of aryl methyl sites for hydroxylation is 1. The average molecular weight is 363 g/mol. The van der Waals surface area contributed by atoms with Crippen LogP contribution in [0.3, 0.4) is 0 Å². The lowest BCUT2D eigenvalue weighted by molar-refractivity contribution is 0.582. The quantitative estimate of drug-likeness (QED) is 0.585. The van der Waals surface area contributed by atoms with Crippen LogP contribution in [0.5, 0.6) is 0 Å². The Morgan fingerprint density at radius 2 is 1.31 bits per heavy atom. The van der Waals surface area contributed by atoms with Crippen molar-refractivity contribution in [3.8, 4) is 0 Å². The molecule has 26 heavy (non-hydrogen) atoms. The molecule has 0 heterocycles. The van der Waals surface area contributed by atoms with Gasteiger partial charge in [-0.2, -0.15) is 0 Å². The van der Waals surface area contributed by atoms with E-state index in [2.05, 4.69) is 43.4 Å². The van der Waals surface area contributed by atoms with Crippen LogP contribution in [0.2, 0.25) is 0 Å².